The molecule has 4 heterocycles. The minimum atomic E-state index is -0.0635. The molecule has 2 aliphatic heterocycles. The Balaban J connectivity index is 1.43. The SMILES string of the molecule is O=C1c2c(nc3ccccc3c2OCCCN2CCOCC2)-c2cccn21. The molecule has 5 rings (SSSR count). The van der Waals surface area contributed by atoms with Gasteiger partial charge in [-0.1, -0.05) is 12.1 Å². The van der Waals surface area contributed by atoms with Crippen molar-refractivity contribution in [2.24, 2.45) is 0 Å². The van der Waals surface area contributed by atoms with Crippen molar-refractivity contribution in [2.75, 3.05) is 39.5 Å². The molecule has 3 aromatic rings. The molecule has 0 bridgehead atoms. The molecule has 0 radical (unpaired) electrons. The zero-order chi connectivity index (χ0) is 18.2. The molecule has 27 heavy (non-hydrogen) atoms. The largest absolute Gasteiger partial charge is 0.492 e. The Hall–Kier alpha value is -2.70. The molecule has 138 valence electrons. The first kappa shape index (κ1) is 16.5. The smallest absolute Gasteiger partial charge is 0.268 e. The molecule has 0 unspecified atom stereocenters. The average molecular weight is 363 g/mol. The fourth-order valence-corrected chi connectivity index (χ4v) is 3.87. The molecule has 1 saturated heterocycles. The second-order valence-electron chi connectivity index (χ2n) is 6.91. The van der Waals surface area contributed by atoms with Gasteiger partial charge in [0, 0.05) is 31.2 Å². The van der Waals surface area contributed by atoms with Gasteiger partial charge >= 0.3 is 0 Å². The summed E-state index contributed by atoms with van der Waals surface area (Å²) in [5.74, 6) is 0.595. The van der Waals surface area contributed by atoms with Crippen LogP contribution in [0.25, 0.3) is 22.3 Å². The summed E-state index contributed by atoms with van der Waals surface area (Å²) in [6, 6.07) is 11.6. The van der Waals surface area contributed by atoms with Crippen LogP contribution in [0.15, 0.2) is 42.6 Å². The number of rotatable bonds is 5. The lowest BCUT2D eigenvalue weighted by atomic mass is 10.1. The molecule has 6 nitrogen and oxygen atoms in total. The number of aromatic nitrogens is 2. The molecule has 0 saturated carbocycles. The average Bonchev–Trinajstić information content (AvgIpc) is 3.29. The maximum atomic E-state index is 12.9. The highest BCUT2D eigenvalue weighted by Gasteiger charge is 2.32. The Morgan fingerprint density at radius 2 is 1.96 bits per heavy atom. The van der Waals surface area contributed by atoms with E-state index in [0.29, 0.717) is 23.6 Å². The van der Waals surface area contributed by atoms with Crippen molar-refractivity contribution in [1.82, 2.24) is 14.5 Å². The first-order valence-corrected chi connectivity index (χ1v) is 9.41. The van der Waals surface area contributed by atoms with Crippen molar-refractivity contribution in [3.8, 4) is 17.1 Å². The van der Waals surface area contributed by atoms with E-state index < -0.39 is 0 Å². The lowest BCUT2D eigenvalue weighted by molar-refractivity contribution is 0.0358. The summed E-state index contributed by atoms with van der Waals surface area (Å²) in [6.45, 7) is 5.10. The van der Waals surface area contributed by atoms with Crippen LogP contribution in [-0.2, 0) is 4.74 Å². The maximum absolute atomic E-state index is 12.9. The first-order valence-electron chi connectivity index (χ1n) is 9.41. The summed E-state index contributed by atoms with van der Waals surface area (Å²) in [5, 5.41) is 0.890. The number of fused-ring (bicyclic) bond motifs is 4. The molecule has 0 spiro atoms. The summed E-state index contributed by atoms with van der Waals surface area (Å²) >= 11 is 0. The molecule has 6 heteroatoms. The van der Waals surface area contributed by atoms with Gasteiger partial charge in [0.05, 0.1) is 31.0 Å². The highest BCUT2D eigenvalue weighted by atomic mass is 16.5. The molecule has 0 aliphatic carbocycles. The van der Waals surface area contributed by atoms with Gasteiger partial charge in [0.15, 0.2) is 0 Å². The molecule has 0 atom stereocenters. The van der Waals surface area contributed by atoms with Gasteiger partial charge < -0.3 is 9.47 Å². The van der Waals surface area contributed by atoms with Crippen molar-refractivity contribution in [3.05, 3.63) is 48.2 Å². The van der Waals surface area contributed by atoms with E-state index >= 15 is 0 Å². The van der Waals surface area contributed by atoms with Gasteiger partial charge in [-0.25, -0.2) is 4.98 Å². The molecular formula is C21H21N3O3. The van der Waals surface area contributed by atoms with E-state index in [4.69, 9.17) is 14.5 Å². The van der Waals surface area contributed by atoms with E-state index in [1.807, 2.05) is 36.4 Å². The van der Waals surface area contributed by atoms with Crippen molar-refractivity contribution < 1.29 is 14.3 Å². The molecule has 0 amide bonds. The van der Waals surface area contributed by atoms with Crippen LogP contribution in [0.3, 0.4) is 0 Å². The van der Waals surface area contributed by atoms with Gasteiger partial charge in [-0.05, 0) is 30.7 Å². The molecule has 2 aromatic heterocycles. The molecular weight excluding hydrogens is 342 g/mol. The number of benzene rings is 1. The number of hydrogen-bond donors (Lipinski definition) is 0. The van der Waals surface area contributed by atoms with Gasteiger partial charge in [0.2, 0.25) is 0 Å². The van der Waals surface area contributed by atoms with Crippen LogP contribution in [0.4, 0.5) is 0 Å². The van der Waals surface area contributed by atoms with Crippen LogP contribution in [0.5, 0.6) is 5.75 Å². The van der Waals surface area contributed by atoms with Crippen LogP contribution >= 0.6 is 0 Å². The number of pyridine rings is 1. The third-order valence-corrected chi connectivity index (χ3v) is 5.24. The van der Waals surface area contributed by atoms with Crippen LogP contribution in [0, 0.1) is 0 Å². The van der Waals surface area contributed by atoms with Crippen LogP contribution in [0.1, 0.15) is 16.8 Å². The number of para-hydroxylation sites is 1. The summed E-state index contributed by atoms with van der Waals surface area (Å²) in [6.07, 6.45) is 2.69. The number of morpholine rings is 1. The summed E-state index contributed by atoms with van der Waals surface area (Å²) in [5.41, 5.74) is 2.98. The van der Waals surface area contributed by atoms with Crippen molar-refractivity contribution in [1.29, 1.82) is 0 Å². The zero-order valence-electron chi connectivity index (χ0n) is 15.1. The monoisotopic (exact) mass is 363 g/mol. The topological polar surface area (TPSA) is 56.6 Å². The number of carbonyl (C=O) groups is 1. The number of carbonyl (C=O) groups excluding carboxylic acids is 1. The quantitative estimate of drug-likeness (QED) is 0.511. The minimum absolute atomic E-state index is 0.0635. The van der Waals surface area contributed by atoms with Crippen molar-refractivity contribution in [3.63, 3.8) is 0 Å². The maximum Gasteiger partial charge on any atom is 0.268 e. The summed E-state index contributed by atoms with van der Waals surface area (Å²) in [4.78, 5) is 20.0. The number of ether oxygens (including phenoxy) is 2. The molecule has 1 aromatic carbocycles. The predicted molar refractivity (Wildman–Crippen MR) is 102 cm³/mol. The lowest BCUT2D eigenvalue weighted by Crippen LogP contribution is -2.37. The Bertz CT molecular complexity index is 1010. The Kier molecular flexibility index (Phi) is 4.14. The predicted octanol–water partition coefficient (Wildman–Crippen LogP) is 2.81. The first-order chi connectivity index (χ1) is 13.3. The van der Waals surface area contributed by atoms with E-state index in [-0.39, 0.29) is 5.91 Å². The van der Waals surface area contributed by atoms with E-state index in [1.54, 1.807) is 10.8 Å². The van der Waals surface area contributed by atoms with Crippen molar-refractivity contribution >= 4 is 16.8 Å². The minimum Gasteiger partial charge on any atom is -0.492 e. The third kappa shape index (κ3) is 2.81. The van der Waals surface area contributed by atoms with Crippen LogP contribution < -0.4 is 4.74 Å². The van der Waals surface area contributed by atoms with Crippen LogP contribution in [0.2, 0.25) is 0 Å². The van der Waals surface area contributed by atoms with Gasteiger partial charge in [-0.3, -0.25) is 14.3 Å². The van der Waals surface area contributed by atoms with Gasteiger partial charge in [-0.15, -0.1) is 0 Å². The molecule has 0 N–H and O–H groups in total. The number of nitrogens with zero attached hydrogens (tertiary/aromatic N) is 3. The highest BCUT2D eigenvalue weighted by molar-refractivity contribution is 6.13. The number of hydrogen-bond acceptors (Lipinski definition) is 5. The Labute approximate surface area is 157 Å². The van der Waals surface area contributed by atoms with Crippen LogP contribution in [-0.4, -0.2) is 59.8 Å². The highest BCUT2D eigenvalue weighted by Crippen LogP contribution is 2.40. The lowest BCUT2D eigenvalue weighted by Gasteiger charge is -2.26. The van der Waals surface area contributed by atoms with E-state index in [9.17, 15) is 4.79 Å². The van der Waals surface area contributed by atoms with Gasteiger partial charge in [0.1, 0.15) is 17.0 Å². The van der Waals surface area contributed by atoms with E-state index in [1.165, 1.54) is 0 Å². The fourth-order valence-electron chi connectivity index (χ4n) is 3.87. The standard InChI is InChI=1S/C21H21N3O3/c25-21-18-19(17-7-3-9-24(17)21)22-16-6-2-1-5-15(16)20(18)27-12-4-8-23-10-13-26-14-11-23/h1-3,5-7,9H,4,8,10-14H2. The fraction of sp³-hybridized carbons (Fsp3) is 0.333. The molecule has 1 fully saturated rings. The van der Waals surface area contributed by atoms with Gasteiger partial charge in [0.25, 0.3) is 5.91 Å². The van der Waals surface area contributed by atoms with E-state index in [2.05, 4.69) is 4.90 Å². The Morgan fingerprint density at radius 1 is 1.11 bits per heavy atom. The Morgan fingerprint density at radius 3 is 2.85 bits per heavy atom. The van der Waals surface area contributed by atoms with E-state index in [0.717, 1.165) is 55.9 Å². The normalized spacial score (nSPS) is 16.5. The summed E-state index contributed by atoms with van der Waals surface area (Å²) in [7, 11) is 0. The third-order valence-electron chi connectivity index (χ3n) is 5.24. The molecule has 2 aliphatic rings. The zero-order valence-corrected chi connectivity index (χ0v) is 15.1. The van der Waals surface area contributed by atoms with Gasteiger partial charge in [-0.2, -0.15) is 0 Å². The second kappa shape index (κ2) is 6.79. The van der Waals surface area contributed by atoms with Crippen molar-refractivity contribution in [2.45, 2.75) is 6.42 Å². The second-order valence-corrected chi connectivity index (χ2v) is 6.91. The summed E-state index contributed by atoms with van der Waals surface area (Å²) < 4.78 is 13.2.